The first-order chi connectivity index (χ1) is 11.9. The summed E-state index contributed by atoms with van der Waals surface area (Å²) in [6.07, 6.45) is 3.39. The first-order valence-corrected chi connectivity index (χ1v) is 9.58. The van der Waals surface area contributed by atoms with Crippen LogP contribution in [-0.2, 0) is 5.54 Å². The molecule has 1 aliphatic rings. The van der Waals surface area contributed by atoms with E-state index in [2.05, 4.69) is 60.3 Å². The molecule has 1 aromatic heterocycles. The second-order valence-electron chi connectivity index (χ2n) is 7.79. The molecule has 0 radical (unpaired) electrons. The molecular weight excluding hydrogens is 334 g/mol. The van der Waals surface area contributed by atoms with Crippen molar-refractivity contribution in [2.24, 2.45) is 5.92 Å². The van der Waals surface area contributed by atoms with Crippen LogP contribution in [0.5, 0.6) is 0 Å². The van der Waals surface area contributed by atoms with E-state index < -0.39 is 0 Å². The molecule has 0 bridgehead atoms. The summed E-state index contributed by atoms with van der Waals surface area (Å²) in [4.78, 5) is 2.51. The van der Waals surface area contributed by atoms with Crippen LogP contribution in [0.2, 0.25) is 5.02 Å². The zero-order chi connectivity index (χ0) is 18.0. The van der Waals surface area contributed by atoms with Gasteiger partial charge in [-0.1, -0.05) is 37.6 Å². The quantitative estimate of drug-likeness (QED) is 0.796. The fourth-order valence-corrected chi connectivity index (χ4v) is 3.53. The Morgan fingerprint density at radius 3 is 2.44 bits per heavy atom. The molecule has 2 aromatic rings. The first kappa shape index (κ1) is 18.3. The van der Waals surface area contributed by atoms with Gasteiger partial charge in [0.05, 0.1) is 11.6 Å². The lowest BCUT2D eigenvalue weighted by molar-refractivity contribution is 0.143. The van der Waals surface area contributed by atoms with Crippen LogP contribution in [0.1, 0.15) is 64.4 Å². The van der Waals surface area contributed by atoms with Crippen LogP contribution >= 0.6 is 11.6 Å². The molecule has 6 heteroatoms. The van der Waals surface area contributed by atoms with Gasteiger partial charge in [0.25, 0.3) is 0 Å². The first-order valence-electron chi connectivity index (χ1n) is 9.20. The van der Waals surface area contributed by atoms with E-state index in [1.807, 2.05) is 16.8 Å². The van der Waals surface area contributed by atoms with Gasteiger partial charge in [-0.05, 0) is 80.2 Å². The third kappa shape index (κ3) is 3.87. The Balaban J connectivity index is 2.03. The normalized spacial score (nSPS) is 18.4. The smallest absolute Gasteiger partial charge is 0.173 e. The SMILES string of the molecule is CCC(C)(C)n1nnnc1C(c1ccc(Cl)cc1)N1CCC(C)CC1. The molecule has 0 aliphatic carbocycles. The highest BCUT2D eigenvalue weighted by atomic mass is 35.5. The van der Waals surface area contributed by atoms with E-state index in [0.717, 1.165) is 36.3 Å². The minimum absolute atomic E-state index is 0.0607. The molecule has 5 nitrogen and oxygen atoms in total. The minimum atomic E-state index is -0.118. The second-order valence-corrected chi connectivity index (χ2v) is 8.22. The predicted octanol–water partition coefficient (Wildman–Crippen LogP) is 4.29. The number of piperidine rings is 1. The molecule has 3 rings (SSSR count). The van der Waals surface area contributed by atoms with Crippen LogP contribution in [0.4, 0.5) is 0 Å². The van der Waals surface area contributed by atoms with Crippen molar-refractivity contribution in [2.45, 2.75) is 58.5 Å². The molecule has 0 saturated carbocycles. The summed E-state index contributed by atoms with van der Waals surface area (Å²) < 4.78 is 2.00. The van der Waals surface area contributed by atoms with Gasteiger partial charge in [0.2, 0.25) is 0 Å². The number of tetrazole rings is 1. The lowest BCUT2D eigenvalue weighted by Crippen LogP contribution is -2.40. The largest absolute Gasteiger partial charge is 0.290 e. The molecule has 1 atom stereocenters. The zero-order valence-corrected chi connectivity index (χ0v) is 16.4. The monoisotopic (exact) mass is 361 g/mol. The molecular formula is C19H28ClN5. The fourth-order valence-electron chi connectivity index (χ4n) is 3.40. The van der Waals surface area contributed by atoms with Gasteiger partial charge in [-0.3, -0.25) is 4.90 Å². The van der Waals surface area contributed by atoms with Crippen LogP contribution in [0.3, 0.4) is 0 Å². The van der Waals surface area contributed by atoms with Gasteiger partial charge in [0, 0.05) is 5.02 Å². The highest BCUT2D eigenvalue weighted by Crippen LogP contribution is 2.33. The van der Waals surface area contributed by atoms with Crippen molar-refractivity contribution in [3.63, 3.8) is 0 Å². The number of halogens is 1. The third-order valence-electron chi connectivity index (χ3n) is 5.55. The molecule has 1 fully saturated rings. The van der Waals surface area contributed by atoms with E-state index in [1.165, 1.54) is 18.4 Å². The summed E-state index contributed by atoms with van der Waals surface area (Å²) in [5, 5.41) is 13.6. The van der Waals surface area contributed by atoms with E-state index in [4.69, 9.17) is 11.6 Å². The predicted molar refractivity (Wildman–Crippen MR) is 101 cm³/mol. The Labute approximate surface area is 155 Å². The van der Waals surface area contributed by atoms with Crippen LogP contribution in [0.15, 0.2) is 24.3 Å². The number of benzene rings is 1. The van der Waals surface area contributed by atoms with E-state index in [0.29, 0.717) is 0 Å². The molecule has 136 valence electrons. The highest BCUT2D eigenvalue weighted by molar-refractivity contribution is 6.30. The summed E-state index contributed by atoms with van der Waals surface area (Å²) in [5.74, 6) is 1.70. The Kier molecular flexibility index (Phi) is 5.44. The van der Waals surface area contributed by atoms with Crippen molar-refractivity contribution in [3.05, 3.63) is 40.7 Å². The van der Waals surface area contributed by atoms with Gasteiger partial charge >= 0.3 is 0 Å². The van der Waals surface area contributed by atoms with Crippen molar-refractivity contribution in [2.75, 3.05) is 13.1 Å². The average molecular weight is 362 g/mol. The third-order valence-corrected chi connectivity index (χ3v) is 5.80. The molecule has 0 spiro atoms. The number of nitrogens with zero attached hydrogens (tertiary/aromatic N) is 5. The van der Waals surface area contributed by atoms with Gasteiger partial charge in [-0.15, -0.1) is 5.10 Å². The second kappa shape index (κ2) is 7.42. The van der Waals surface area contributed by atoms with Gasteiger partial charge in [0.1, 0.15) is 0 Å². The summed E-state index contributed by atoms with van der Waals surface area (Å²) in [6.45, 7) is 11.0. The summed E-state index contributed by atoms with van der Waals surface area (Å²) in [5.41, 5.74) is 1.08. The number of hydrogen-bond donors (Lipinski definition) is 0. The van der Waals surface area contributed by atoms with Crippen molar-refractivity contribution in [1.82, 2.24) is 25.1 Å². The Morgan fingerprint density at radius 1 is 1.20 bits per heavy atom. The van der Waals surface area contributed by atoms with E-state index in [-0.39, 0.29) is 11.6 Å². The van der Waals surface area contributed by atoms with Crippen molar-refractivity contribution >= 4 is 11.6 Å². The number of likely N-dealkylation sites (tertiary alicyclic amines) is 1. The van der Waals surface area contributed by atoms with Crippen LogP contribution < -0.4 is 0 Å². The molecule has 1 unspecified atom stereocenters. The topological polar surface area (TPSA) is 46.8 Å². The average Bonchev–Trinajstić information content (AvgIpc) is 3.09. The van der Waals surface area contributed by atoms with Crippen molar-refractivity contribution in [1.29, 1.82) is 0 Å². The van der Waals surface area contributed by atoms with Crippen LogP contribution in [0, 0.1) is 5.92 Å². The molecule has 1 aromatic carbocycles. The summed E-state index contributed by atoms with van der Waals surface area (Å²) >= 11 is 6.11. The van der Waals surface area contributed by atoms with E-state index in [1.54, 1.807) is 0 Å². The van der Waals surface area contributed by atoms with Gasteiger partial charge in [-0.25, -0.2) is 4.68 Å². The van der Waals surface area contributed by atoms with Crippen LogP contribution in [0.25, 0.3) is 0 Å². The van der Waals surface area contributed by atoms with Gasteiger partial charge in [0.15, 0.2) is 5.82 Å². The standard InChI is InChI=1S/C19H28ClN5/c1-5-19(3,4)25-18(21-22-23-25)17(15-6-8-16(20)9-7-15)24-12-10-14(2)11-13-24/h6-9,14,17H,5,10-13H2,1-4H3. The number of aromatic nitrogens is 4. The Bertz CT molecular complexity index is 686. The molecule has 1 aliphatic heterocycles. The van der Waals surface area contributed by atoms with E-state index >= 15 is 0 Å². The lowest BCUT2D eigenvalue weighted by atomic mass is 9.94. The molecule has 0 N–H and O–H groups in total. The van der Waals surface area contributed by atoms with Gasteiger partial charge < -0.3 is 0 Å². The number of hydrogen-bond acceptors (Lipinski definition) is 4. The molecule has 1 saturated heterocycles. The Hall–Kier alpha value is -1.46. The molecule has 2 heterocycles. The fraction of sp³-hybridized carbons (Fsp3) is 0.632. The number of rotatable bonds is 5. The summed E-state index contributed by atoms with van der Waals surface area (Å²) in [6, 6.07) is 8.17. The maximum absolute atomic E-state index is 6.11. The zero-order valence-electron chi connectivity index (χ0n) is 15.6. The minimum Gasteiger partial charge on any atom is -0.290 e. The Morgan fingerprint density at radius 2 is 1.84 bits per heavy atom. The van der Waals surface area contributed by atoms with Crippen LogP contribution in [-0.4, -0.2) is 38.2 Å². The van der Waals surface area contributed by atoms with E-state index in [9.17, 15) is 0 Å². The lowest BCUT2D eigenvalue weighted by Gasteiger charge is -2.37. The van der Waals surface area contributed by atoms with Crippen molar-refractivity contribution in [3.8, 4) is 0 Å². The van der Waals surface area contributed by atoms with Gasteiger partial charge in [-0.2, -0.15) is 0 Å². The molecule has 0 amide bonds. The van der Waals surface area contributed by atoms with Crippen molar-refractivity contribution < 1.29 is 0 Å². The maximum Gasteiger partial charge on any atom is 0.173 e. The summed E-state index contributed by atoms with van der Waals surface area (Å²) in [7, 11) is 0. The molecule has 25 heavy (non-hydrogen) atoms. The maximum atomic E-state index is 6.11. The highest BCUT2D eigenvalue weighted by Gasteiger charge is 2.33.